The van der Waals surface area contributed by atoms with Crippen LogP contribution in [-0.2, 0) is 32.7 Å². The summed E-state index contributed by atoms with van der Waals surface area (Å²) in [6.07, 6.45) is 109. The maximum absolute atomic E-state index is 12.9. The normalized spacial score (nSPS) is 13.7. The van der Waals surface area contributed by atoms with Crippen LogP contribution in [0.15, 0.2) is 122 Å². The molecule has 0 amide bonds. The summed E-state index contributed by atoms with van der Waals surface area (Å²) < 4.78 is 34.8. The Bertz CT molecular complexity index is 2040. The zero-order valence-corrected chi connectivity index (χ0v) is 64.2. The highest BCUT2D eigenvalue weighted by atomic mass is 31.2. The Morgan fingerprint density at radius 2 is 0.594 bits per heavy atom. The number of quaternary nitrogens is 1. The van der Waals surface area contributed by atoms with Gasteiger partial charge in [-0.25, -0.2) is 4.57 Å². The molecule has 0 aromatic rings. The number of likely N-dealkylation sites (N-methyl/N-ethyl adjacent to an activating group) is 1. The van der Waals surface area contributed by atoms with Crippen LogP contribution in [0, 0.1) is 0 Å². The van der Waals surface area contributed by atoms with Gasteiger partial charge in [-0.15, -0.1) is 0 Å². The zero-order chi connectivity index (χ0) is 69.7. The van der Waals surface area contributed by atoms with Crippen molar-refractivity contribution >= 4 is 19.8 Å². The summed E-state index contributed by atoms with van der Waals surface area (Å²) in [6.45, 7) is 4.36. The molecule has 0 heterocycles. The molecule has 96 heavy (non-hydrogen) atoms. The molecule has 0 radical (unpaired) electrons. The number of carbonyl (C=O) groups is 2. The van der Waals surface area contributed by atoms with Crippen molar-refractivity contribution in [3.8, 4) is 0 Å². The van der Waals surface area contributed by atoms with Gasteiger partial charge in [0.25, 0.3) is 0 Å². The molecule has 9 nitrogen and oxygen atoms in total. The molecule has 1 N–H and O–H groups in total. The van der Waals surface area contributed by atoms with Gasteiger partial charge >= 0.3 is 19.8 Å². The maximum atomic E-state index is 12.9. The van der Waals surface area contributed by atoms with Crippen molar-refractivity contribution in [2.45, 2.75) is 367 Å². The molecule has 0 fully saturated rings. The molecule has 2 unspecified atom stereocenters. The first kappa shape index (κ1) is 92.4. The average Bonchev–Trinajstić information content (AvgIpc) is 2.54. The third-order valence-electron chi connectivity index (χ3n) is 17.5. The minimum atomic E-state index is -4.40. The number of phosphoric acid groups is 1. The molecular weight excluding hydrogens is 1210 g/mol. The average molecular weight is 1360 g/mol. The Morgan fingerprint density at radius 3 is 0.896 bits per heavy atom. The van der Waals surface area contributed by atoms with Crippen molar-refractivity contribution in [3.63, 3.8) is 0 Å². The fourth-order valence-corrected chi connectivity index (χ4v) is 12.1. The third kappa shape index (κ3) is 79.4. The molecule has 2 atom stereocenters. The monoisotopic (exact) mass is 1360 g/mol. The van der Waals surface area contributed by atoms with Gasteiger partial charge in [0.2, 0.25) is 0 Å². The minimum Gasteiger partial charge on any atom is -0.462 e. The second-order valence-corrected chi connectivity index (χ2v) is 29.5. The summed E-state index contributed by atoms with van der Waals surface area (Å²) >= 11 is 0. The van der Waals surface area contributed by atoms with E-state index in [0.29, 0.717) is 17.4 Å². The van der Waals surface area contributed by atoms with E-state index < -0.39 is 26.5 Å². The van der Waals surface area contributed by atoms with E-state index in [2.05, 4.69) is 135 Å². The van der Waals surface area contributed by atoms with Crippen molar-refractivity contribution in [1.29, 1.82) is 0 Å². The fraction of sp³-hybridized carbons (Fsp3) is 0.744. The number of phosphoric ester groups is 1. The highest BCUT2D eigenvalue weighted by Gasteiger charge is 2.27. The lowest BCUT2D eigenvalue weighted by atomic mass is 10.0. The van der Waals surface area contributed by atoms with Crippen molar-refractivity contribution in [2.75, 3.05) is 47.5 Å². The van der Waals surface area contributed by atoms with Crippen LogP contribution in [0.3, 0.4) is 0 Å². The number of hydrogen-bond donors (Lipinski definition) is 1. The molecule has 554 valence electrons. The number of ether oxygens (including phenoxy) is 2. The van der Waals surface area contributed by atoms with Gasteiger partial charge in [0.1, 0.15) is 19.8 Å². The second-order valence-electron chi connectivity index (χ2n) is 28.1. The first-order valence-electron chi connectivity index (χ1n) is 40.3. The number of nitrogens with zero attached hydrogens (tertiary/aromatic N) is 1. The number of esters is 2. The molecule has 0 saturated carbocycles. The predicted octanol–water partition coefficient (Wildman–Crippen LogP) is 26.9. The molecule has 0 bridgehead atoms. The van der Waals surface area contributed by atoms with E-state index in [4.69, 9.17) is 18.5 Å². The van der Waals surface area contributed by atoms with E-state index >= 15 is 0 Å². The van der Waals surface area contributed by atoms with E-state index in [9.17, 15) is 19.0 Å². The first-order chi connectivity index (χ1) is 47.0. The largest absolute Gasteiger partial charge is 0.472 e. The summed E-state index contributed by atoms with van der Waals surface area (Å²) in [7, 11) is 1.48. The summed E-state index contributed by atoms with van der Waals surface area (Å²) in [6, 6.07) is 0. The second kappa shape index (κ2) is 75.6. The van der Waals surface area contributed by atoms with E-state index in [-0.39, 0.29) is 32.0 Å². The molecule has 0 aliphatic rings. The van der Waals surface area contributed by atoms with Gasteiger partial charge in [-0.2, -0.15) is 0 Å². The van der Waals surface area contributed by atoms with Crippen LogP contribution in [-0.4, -0.2) is 74.9 Å². The van der Waals surface area contributed by atoms with Crippen molar-refractivity contribution < 1.29 is 42.1 Å². The first-order valence-corrected chi connectivity index (χ1v) is 41.8. The number of unbranched alkanes of at least 4 members (excludes halogenated alkanes) is 40. The molecule has 0 spiro atoms. The van der Waals surface area contributed by atoms with E-state index in [0.717, 1.165) is 96.3 Å². The van der Waals surface area contributed by atoms with Crippen LogP contribution < -0.4 is 0 Å². The highest BCUT2D eigenvalue weighted by Crippen LogP contribution is 2.43. The Balaban J connectivity index is 3.99. The molecule has 10 heteroatoms. The van der Waals surface area contributed by atoms with Gasteiger partial charge in [-0.1, -0.05) is 360 Å². The van der Waals surface area contributed by atoms with Crippen molar-refractivity contribution in [2.24, 2.45) is 0 Å². The van der Waals surface area contributed by atoms with Crippen LogP contribution in [0.5, 0.6) is 0 Å². The molecule has 0 rings (SSSR count). The standard InChI is InChI=1S/C86H152NO8P/c1-6-8-10-12-14-16-18-20-22-24-26-28-30-32-34-36-38-39-40-41-42-43-44-45-46-47-49-51-53-55-57-59-61-63-65-67-69-71-73-75-77-79-86(89)95-84(83-94-96(90,91)93-81-80-87(3,4)5)82-92-85(88)78-76-74-72-70-68-66-64-62-60-58-56-54-52-50-48-37-35-33-31-29-27-25-23-21-19-17-15-13-11-9-7-2/h8,10,14,16,20,22,25-28,32,34,38-39,41-42,44-45,47,49,84H,6-7,9,11-13,15,17-19,21,23-24,29-31,33,35-37,40,43,46,48,50-83H2,1-5H3/p+1/b10-8-,16-14-,22-20-,27-25-,28-26-,34-32-,39-38-,42-41-,45-44-,49-47-. The Morgan fingerprint density at radius 1 is 0.333 bits per heavy atom. The Hall–Kier alpha value is -3.59. The quantitative estimate of drug-likeness (QED) is 0.0211. The van der Waals surface area contributed by atoms with Crippen LogP contribution in [0.2, 0.25) is 0 Å². The van der Waals surface area contributed by atoms with Crippen molar-refractivity contribution in [3.05, 3.63) is 122 Å². The van der Waals surface area contributed by atoms with Crippen molar-refractivity contribution in [1.82, 2.24) is 0 Å². The SMILES string of the molecule is CC/C=C\C/C=C\C/C=C\C/C=C\C/C=C\C/C=C\C/C=C\C/C=C\C/C=C\CCCCCCCCCCCCCCCC(=O)OC(COC(=O)CCCCCCCCCCCCCCCCCCCCC/C=C\CCCCCCCCCC)COP(=O)(O)OCC[N+](C)(C)C. The van der Waals surface area contributed by atoms with Gasteiger partial charge in [0.05, 0.1) is 27.7 Å². The lowest BCUT2D eigenvalue weighted by Gasteiger charge is -2.24. The maximum Gasteiger partial charge on any atom is 0.472 e. The van der Waals surface area contributed by atoms with Gasteiger partial charge in [0.15, 0.2) is 6.10 Å². The molecule has 0 aliphatic carbocycles. The van der Waals surface area contributed by atoms with Gasteiger partial charge in [0, 0.05) is 12.8 Å². The third-order valence-corrected chi connectivity index (χ3v) is 18.5. The van der Waals surface area contributed by atoms with E-state index in [1.54, 1.807) is 0 Å². The van der Waals surface area contributed by atoms with Crippen LogP contribution >= 0.6 is 7.82 Å². The summed E-state index contributed by atoms with van der Waals surface area (Å²) in [5, 5.41) is 0. The topological polar surface area (TPSA) is 108 Å². The summed E-state index contributed by atoms with van der Waals surface area (Å²) in [4.78, 5) is 36.0. The molecule has 0 aromatic carbocycles. The number of hydrogen-bond acceptors (Lipinski definition) is 7. The Labute approximate surface area is 594 Å². The van der Waals surface area contributed by atoms with Gasteiger partial charge in [-0.05, 0) is 109 Å². The number of carbonyl (C=O) groups excluding carboxylic acids is 2. The van der Waals surface area contributed by atoms with Crippen LogP contribution in [0.25, 0.3) is 0 Å². The van der Waals surface area contributed by atoms with Crippen LogP contribution in [0.1, 0.15) is 361 Å². The lowest BCUT2D eigenvalue weighted by molar-refractivity contribution is -0.870. The molecule has 0 aromatic heterocycles. The molecular formula is C86H153NO8P+. The van der Waals surface area contributed by atoms with E-state index in [1.807, 2.05) is 21.1 Å². The molecule has 0 saturated heterocycles. The Kier molecular flexibility index (Phi) is 72.8. The van der Waals surface area contributed by atoms with Gasteiger partial charge in [-0.3, -0.25) is 18.6 Å². The molecule has 0 aliphatic heterocycles. The zero-order valence-electron chi connectivity index (χ0n) is 63.3. The van der Waals surface area contributed by atoms with Crippen LogP contribution in [0.4, 0.5) is 0 Å². The highest BCUT2D eigenvalue weighted by molar-refractivity contribution is 7.47. The summed E-state index contributed by atoms with van der Waals surface area (Å²) in [5.74, 6) is -0.788. The van der Waals surface area contributed by atoms with Gasteiger partial charge < -0.3 is 18.9 Å². The predicted molar refractivity (Wildman–Crippen MR) is 418 cm³/mol. The smallest absolute Gasteiger partial charge is 0.462 e. The summed E-state index contributed by atoms with van der Waals surface area (Å²) in [5.41, 5.74) is 0. The lowest BCUT2D eigenvalue weighted by Crippen LogP contribution is -2.37. The van der Waals surface area contributed by atoms with E-state index in [1.165, 1.54) is 231 Å². The minimum absolute atomic E-state index is 0.0291. The number of allylic oxidation sites excluding steroid dienone is 20. The fourth-order valence-electron chi connectivity index (χ4n) is 11.4. The number of rotatable bonds is 74.